The van der Waals surface area contributed by atoms with Crippen LogP contribution in [-0.4, -0.2) is 40.2 Å². The van der Waals surface area contributed by atoms with E-state index in [-0.39, 0.29) is 17.8 Å². The van der Waals surface area contributed by atoms with Crippen molar-refractivity contribution in [3.8, 4) is 5.75 Å². The van der Waals surface area contributed by atoms with E-state index in [1.807, 2.05) is 11.0 Å². The molecule has 2 fully saturated rings. The van der Waals surface area contributed by atoms with Crippen molar-refractivity contribution < 1.29 is 13.9 Å². The Balaban J connectivity index is 1.39. The summed E-state index contributed by atoms with van der Waals surface area (Å²) in [6.45, 7) is 3.58. The van der Waals surface area contributed by atoms with Crippen LogP contribution >= 0.6 is 0 Å². The molecule has 4 rings (SSSR count). The normalized spacial score (nSPS) is 24.2. The summed E-state index contributed by atoms with van der Waals surface area (Å²) in [5, 5.41) is 7.20. The molecule has 5 nitrogen and oxygen atoms in total. The van der Waals surface area contributed by atoms with E-state index < -0.39 is 0 Å². The fraction of sp³-hybridized carbons (Fsp3) is 0.524. The number of benzene rings is 1. The van der Waals surface area contributed by atoms with Gasteiger partial charge in [0.1, 0.15) is 23.4 Å². The third-order valence-electron chi connectivity index (χ3n) is 5.81. The van der Waals surface area contributed by atoms with Crippen molar-refractivity contribution in [3.63, 3.8) is 0 Å². The summed E-state index contributed by atoms with van der Waals surface area (Å²) in [4.78, 5) is 14.7. The number of nitrogens with one attached hydrogen (secondary N) is 1. The predicted molar refractivity (Wildman–Crippen MR) is 100 cm³/mol. The quantitative estimate of drug-likeness (QED) is 0.840. The third kappa shape index (κ3) is 3.84. The molecule has 0 bridgehead atoms. The first-order valence-electron chi connectivity index (χ1n) is 9.90. The Hall–Kier alpha value is -2.37. The first-order valence-corrected chi connectivity index (χ1v) is 9.90. The zero-order chi connectivity index (χ0) is 18.8. The zero-order valence-electron chi connectivity index (χ0n) is 15.7. The second-order valence-electron chi connectivity index (χ2n) is 7.71. The number of unbranched alkanes of at least 4 members (excludes halogenated alkanes) is 1. The molecular weight excluding hydrogens is 345 g/mol. The van der Waals surface area contributed by atoms with Gasteiger partial charge in [-0.3, -0.25) is 9.89 Å². The van der Waals surface area contributed by atoms with E-state index in [0.29, 0.717) is 29.8 Å². The van der Waals surface area contributed by atoms with Crippen LogP contribution in [0.3, 0.4) is 0 Å². The number of amides is 1. The first kappa shape index (κ1) is 18.0. The van der Waals surface area contributed by atoms with Gasteiger partial charge in [-0.2, -0.15) is 5.10 Å². The van der Waals surface area contributed by atoms with Crippen LogP contribution < -0.4 is 4.74 Å². The van der Waals surface area contributed by atoms with Gasteiger partial charge < -0.3 is 9.64 Å². The molecule has 144 valence electrons. The molecule has 1 aromatic carbocycles. The maximum atomic E-state index is 13.4. The van der Waals surface area contributed by atoms with E-state index in [1.165, 1.54) is 12.1 Å². The van der Waals surface area contributed by atoms with Crippen molar-refractivity contribution in [2.45, 2.75) is 45.1 Å². The van der Waals surface area contributed by atoms with Crippen LogP contribution in [-0.2, 0) is 6.42 Å². The van der Waals surface area contributed by atoms with Crippen LogP contribution in [0.25, 0.3) is 0 Å². The second-order valence-corrected chi connectivity index (χ2v) is 7.71. The van der Waals surface area contributed by atoms with Gasteiger partial charge in [0.25, 0.3) is 5.91 Å². The number of fused-ring (bicyclic) bond motifs is 1. The van der Waals surface area contributed by atoms with Gasteiger partial charge in [0.2, 0.25) is 0 Å². The van der Waals surface area contributed by atoms with Gasteiger partial charge in [0, 0.05) is 30.8 Å². The van der Waals surface area contributed by atoms with Crippen molar-refractivity contribution in [1.82, 2.24) is 15.1 Å². The van der Waals surface area contributed by atoms with Crippen LogP contribution in [0, 0.1) is 17.7 Å². The van der Waals surface area contributed by atoms with Gasteiger partial charge in [-0.05, 0) is 49.8 Å². The molecule has 6 heteroatoms. The number of hydrogen-bond acceptors (Lipinski definition) is 3. The van der Waals surface area contributed by atoms with Gasteiger partial charge >= 0.3 is 0 Å². The van der Waals surface area contributed by atoms with Crippen LogP contribution in [0.15, 0.2) is 30.3 Å². The maximum absolute atomic E-state index is 13.4. The van der Waals surface area contributed by atoms with E-state index in [1.54, 1.807) is 12.1 Å². The third-order valence-corrected chi connectivity index (χ3v) is 5.81. The molecule has 1 aliphatic carbocycles. The molecule has 1 saturated heterocycles. The molecule has 1 amide bonds. The summed E-state index contributed by atoms with van der Waals surface area (Å²) in [6, 6.07) is 8.17. The van der Waals surface area contributed by atoms with Crippen molar-refractivity contribution in [2.24, 2.45) is 11.8 Å². The Morgan fingerprint density at radius 3 is 3.04 bits per heavy atom. The molecule has 0 spiro atoms. The SMILES string of the molecule is CCCCc1cc(C(=O)N2C[C@@H]3CC[C@H](Oc4cccc(F)c4)[C@@H]3C2)n[nH]1. The molecule has 1 saturated carbocycles. The van der Waals surface area contributed by atoms with E-state index >= 15 is 0 Å². The minimum atomic E-state index is -0.289. The van der Waals surface area contributed by atoms with Gasteiger partial charge in [-0.25, -0.2) is 4.39 Å². The topological polar surface area (TPSA) is 58.2 Å². The number of carbonyl (C=O) groups excluding carboxylic acids is 1. The Kier molecular flexibility index (Phi) is 5.14. The van der Waals surface area contributed by atoms with Gasteiger partial charge in [-0.1, -0.05) is 19.4 Å². The van der Waals surface area contributed by atoms with E-state index in [0.717, 1.165) is 44.3 Å². The molecule has 2 aromatic rings. The summed E-state index contributed by atoms with van der Waals surface area (Å²) < 4.78 is 19.5. The van der Waals surface area contributed by atoms with Crippen LogP contribution in [0.5, 0.6) is 5.75 Å². The lowest BCUT2D eigenvalue weighted by Crippen LogP contribution is -2.32. The number of nitrogens with zero attached hydrogens (tertiary/aromatic N) is 2. The standard InChI is InChI=1S/C21H26FN3O2/c1-2-3-6-16-11-19(24-23-16)21(26)25-12-14-8-9-20(18(14)13-25)27-17-7-4-5-15(22)10-17/h4-5,7,10-11,14,18,20H,2-3,6,8-9,12-13H2,1H3,(H,23,24)/t14-,18+,20-/m0/s1. The Morgan fingerprint density at radius 1 is 1.33 bits per heavy atom. The number of aromatic nitrogens is 2. The molecule has 2 aliphatic rings. The van der Waals surface area contributed by atoms with E-state index in [9.17, 15) is 9.18 Å². The first-order chi connectivity index (χ1) is 13.1. The van der Waals surface area contributed by atoms with Crippen LogP contribution in [0.4, 0.5) is 4.39 Å². The maximum Gasteiger partial charge on any atom is 0.274 e. The Bertz CT molecular complexity index is 806. The minimum absolute atomic E-state index is 0.00657. The van der Waals surface area contributed by atoms with Gasteiger partial charge in [-0.15, -0.1) is 0 Å². The molecule has 0 radical (unpaired) electrons. The van der Waals surface area contributed by atoms with E-state index in [4.69, 9.17) is 4.74 Å². The molecule has 2 heterocycles. The monoisotopic (exact) mass is 371 g/mol. The van der Waals surface area contributed by atoms with Crippen LogP contribution in [0.1, 0.15) is 48.8 Å². The second kappa shape index (κ2) is 7.71. The fourth-order valence-electron chi connectivity index (χ4n) is 4.37. The molecule has 1 N–H and O–H groups in total. The predicted octanol–water partition coefficient (Wildman–Crippen LogP) is 3.82. The minimum Gasteiger partial charge on any atom is -0.490 e. The molecule has 3 atom stereocenters. The number of halogens is 1. The highest BCUT2D eigenvalue weighted by Gasteiger charge is 2.45. The number of aromatic amines is 1. The molecular formula is C21H26FN3O2. The zero-order valence-corrected chi connectivity index (χ0v) is 15.7. The summed E-state index contributed by atoms with van der Waals surface area (Å²) >= 11 is 0. The van der Waals surface area contributed by atoms with Crippen LogP contribution in [0.2, 0.25) is 0 Å². The summed E-state index contributed by atoms with van der Waals surface area (Å²) in [6.07, 6.45) is 5.15. The number of ether oxygens (including phenoxy) is 1. The van der Waals surface area contributed by atoms with Gasteiger partial charge in [0.05, 0.1) is 0 Å². The lowest BCUT2D eigenvalue weighted by molar-refractivity contribution is 0.0756. The number of hydrogen-bond donors (Lipinski definition) is 1. The largest absolute Gasteiger partial charge is 0.490 e. The summed E-state index contributed by atoms with van der Waals surface area (Å²) in [7, 11) is 0. The highest BCUT2D eigenvalue weighted by atomic mass is 19.1. The highest BCUT2D eigenvalue weighted by molar-refractivity contribution is 5.92. The molecule has 0 unspecified atom stereocenters. The van der Waals surface area contributed by atoms with Crippen molar-refractivity contribution in [3.05, 3.63) is 47.5 Å². The van der Waals surface area contributed by atoms with Gasteiger partial charge in [0.15, 0.2) is 0 Å². The summed E-state index contributed by atoms with van der Waals surface area (Å²) in [5.41, 5.74) is 1.52. The Morgan fingerprint density at radius 2 is 2.22 bits per heavy atom. The molecule has 27 heavy (non-hydrogen) atoms. The fourth-order valence-corrected chi connectivity index (χ4v) is 4.37. The number of H-pyrrole nitrogens is 1. The number of carbonyl (C=O) groups is 1. The van der Waals surface area contributed by atoms with Crippen molar-refractivity contribution >= 4 is 5.91 Å². The number of likely N-dealkylation sites (tertiary alicyclic amines) is 1. The Labute approximate surface area is 158 Å². The summed E-state index contributed by atoms with van der Waals surface area (Å²) in [5.74, 6) is 1.02. The number of rotatable bonds is 6. The lowest BCUT2D eigenvalue weighted by Gasteiger charge is -2.21. The lowest BCUT2D eigenvalue weighted by atomic mass is 9.99. The van der Waals surface area contributed by atoms with Crippen molar-refractivity contribution in [1.29, 1.82) is 0 Å². The van der Waals surface area contributed by atoms with Crippen molar-refractivity contribution in [2.75, 3.05) is 13.1 Å². The smallest absolute Gasteiger partial charge is 0.274 e. The van der Waals surface area contributed by atoms with E-state index in [2.05, 4.69) is 17.1 Å². The molecule has 1 aromatic heterocycles. The highest BCUT2D eigenvalue weighted by Crippen LogP contribution is 2.40. The average molecular weight is 371 g/mol. The average Bonchev–Trinajstić information content (AvgIpc) is 3.36. The number of aryl methyl sites for hydroxylation is 1. The molecule has 1 aliphatic heterocycles.